The van der Waals surface area contributed by atoms with E-state index in [4.69, 9.17) is 0 Å². The monoisotopic (exact) mass is 362 g/mol. The third-order valence-electron chi connectivity index (χ3n) is 2.83. The molecule has 2 rings (SSSR count). The van der Waals surface area contributed by atoms with Gasteiger partial charge in [0.2, 0.25) is 0 Å². The van der Waals surface area contributed by atoms with Crippen molar-refractivity contribution in [1.29, 1.82) is 0 Å². The molecular formula is C16H19BrFeO-6. The van der Waals surface area contributed by atoms with Crippen molar-refractivity contribution in [2.24, 2.45) is 0 Å². The number of hydrogen-bond acceptors (Lipinski definition) is 1. The normalized spacial score (nSPS) is 9.26. The van der Waals surface area contributed by atoms with Gasteiger partial charge >= 0.3 is 0 Å². The van der Waals surface area contributed by atoms with E-state index in [1.54, 1.807) is 6.92 Å². The van der Waals surface area contributed by atoms with E-state index in [0.29, 0.717) is 0 Å². The summed E-state index contributed by atoms with van der Waals surface area (Å²) in [5, 5.41) is 0. The number of ketones is 1. The van der Waals surface area contributed by atoms with Gasteiger partial charge in [0.1, 0.15) is 0 Å². The first-order chi connectivity index (χ1) is 8.58. The van der Waals surface area contributed by atoms with Crippen LogP contribution in [-0.4, -0.2) is 5.78 Å². The summed E-state index contributed by atoms with van der Waals surface area (Å²) in [5.41, 5.74) is 3.38. The summed E-state index contributed by atoms with van der Waals surface area (Å²) < 4.78 is 1.16. The molecule has 0 aromatic heterocycles. The first-order valence-electron chi connectivity index (χ1n) is 6.25. The van der Waals surface area contributed by atoms with Crippen LogP contribution in [0.3, 0.4) is 0 Å². The van der Waals surface area contributed by atoms with Crippen molar-refractivity contribution in [3.63, 3.8) is 0 Å². The van der Waals surface area contributed by atoms with Gasteiger partial charge < -0.3 is 49.5 Å². The van der Waals surface area contributed by atoms with Crippen molar-refractivity contribution in [2.75, 3.05) is 0 Å². The molecule has 2 aromatic carbocycles. The first kappa shape index (κ1) is 18.4. The van der Waals surface area contributed by atoms with E-state index in [2.05, 4.69) is 35.8 Å². The smallest absolute Gasteiger partial charge is 0.0947 e. The Labute approximate surface area is 134 Å². The minimum atomic E-state index is 0. The topological polar surface area (TPSA) is 17.1 Å². The van der Waals surface area contributed by atoms with Crippen LogP contribution >= 0.6 is 15.9 Å². The SMILES string of the molecule is Br[c-]1[cH-][cH-][cH-][cH-]1.CCc1c[c-](CC)cc1C(C)=O.[Fe]. The van der Waals surface area contributed by atoms with Crippen molar-refractivity contribution in [3.05, 3.63) is 57.6 Å². The zero-order valence-electron chi connectivity index (χ0n) is 11.5. The van der Waals surface area contributed by atoms with E-state index in [9.17, 15) is 4.79 Å². The molecule has 3 heteroatoms. The molecule has 0 aliphatic heterocycles. The van der Waals surface area contributed by atoms with Gasteiger partial charge in [-0.05, 0) is 6.92 Å². The van der Waals surface area contributed by atoms with Gasteiger partial charge in [0, 0.05) is 17.1 Å². The maximum atomic E-state index is 11.2. The van der Waals surface area contributed by atoms with Gasteiger partial charge in [-0.3, -0.25) is 0 Å². The van der Waals surface area contributed by atoms with Crippen LogP contribution < -0.4 is 0 Å². The second-order valence-electron chi connectivity index (χ2n) is 4.17. The molecule has 0 fully saturated rings. The number of Topliss-reactive ketones (excluding diaryl/α,β-unsaturated/α-hetero) is 1. The van der Waals surface area contributed by atoms with E-state index in [-0.39, 0.29) is 22.9 Å². The van der Waals surface area contributed by atoms with Crippen molar-refractivity contribution < 1.29 is 21.9 Å². The fourth-order valence-electron chi connectivity index (χ4n) is 1.80. The molecule has 0 aliphatic rings. The van der Waals surface area contributed by atoms with E-state index >= 15 is 0 Å². The van der Waals surface area contributed by atoms with E-state index in [1.807, 2.05) is 30.3 Å². The van der Waals surface area contributed by atoms with Gasteiger partial charge in [-0.15, -0.1) is 5.56 Å². The zero-order valence-corrected chi connectivity index (χ0v) is 14.2. The molecule has 0 saturated carbocycles. The van der Waals surface area contributed by atoms with Crippen LogP contribution in [0, 0.1) is 0 Å². The van der Waals surface area contributed by atoms with Crippen LogP contribution in [-0.2, 0) is 29.9 Å². The van der Waals surface area contributed by atoms with E-state index in [0.717, 1.165) is 22.9 Å². The number of hydrogen-bond donors (Lipinski definition) is 0. The summed E-state index contributed by atoms with van der Waals surface area (Å²) in [6.45, 7) is 5.83. The average molecular weight is 363 g/mol. The molecule has 2 aromatic rings. The predicted molar refractivity (Wildman–Crippen MR) is 80.5 cm³/mol. The zero-order chi connectivity index (χ0) is 13.5. The number of carbonyl (C=O) groups is 1. The molecule has 0 unspecified atom stereocenters. The summed E-state index contributed by atoms with van der Waals surface area (Å²) in [4.78, 5) is 11.2. The van der Waals surface area contributed by atoms with Crippen molar-refractivity contribution in [3.8, 4) is 0 Å². The number of carbonyl (C=O) groups excluding carboxylic acids is 1. The summed E-state index contributed by atoms with van der Waals surface area (Å²) in [7, 11) is 0. The van der Waals surface area contributed by atoms with Crippen molar-refractivity contribution >= 4 is 21.7 Å². The van der Waals surface area contributed by atoms with Crippen LogP contribution in [0.25, 0.3) is 0 Å². The Morgan fingerprint density at radius 3 is 2.11 bits per heavy atom. The molecule has 0 aliphatic carbocycles. The molecule has 0 radical (unpaired) electrons. The van der Waals surface area contributed by atoms with Crippen molar-refractivity contribution in [1.82, 2.24) is 0 Å². The Bertz CT molecular complexity index is 483. The van der Waals surface area contributed by atoms with Crippen molar-refractivity contribution in [2.45, 2.75) is 33.6 Å². The Balaban J connectivity index is 0.000000392. The van der Waals surface area contributed by atoms with E-state index < -0.39 is 0 Å². The van der Waals surface area contributed by atoms with Gasteiger partial charge in [-0.1, -0.05) is 26.7 Å². The number of aryl methyl sites for hydroxylation is 2. The fourth-order valence-corrected chi connectivity index (χ4v) is 2.10. The van der Waals surface area contributed by atoms with Crippen LogP contribution in [0.15, 0.2) is 40.9 Å². The third kappa shape index (κ3) is 5.90. The molecule has 19 heavy (non-hydrogen) atoms. The molecule has 110 valence electrons. The third-order valence-corrected chi connectivity index (χ3v) is 3.35. The first-order valence-corrected chi connectivity index (χ1v) is 7.04. The Morgan fingerprint density at radius 2 is 1.84 bits per heavy atom. The van der Waals surface area contributed by atoms with Crippen LogP contribution in [0.4, 0.5) is 0 Å². The van der Waals surface area contributed by atoms with Gasteiger partial charge in [0.25, 0.3) is 0 Å². The molecule has 0 saturated heterocycles. The van der Waals surface area contributed by atoms with Crippen LogP contribution in [0.1, 0.15) is 42.3 Å². The molecule has 1 nitrogen and oxygen atoms in total. The summed E-state index contributed by atoms with van der Waals surface area (Å²) in [5.74, 6) is 0.187. The second-order valence-corrected chi connectivity index (χ2v) is 5.08. The predicted octanol–water partition coefficient (Wildman–Crippen LogP) is 4.90. The second kappa shape index (κ2) is 9.30. The standard InChI is InChI=1S/C11H15O.C5H4Br.Fe/c1-4-9-6-10(5-2)11(7-9)8(3)12;6-5-3-1-2-4-5;/h6-7H,4-5H2,1-3H3;1-4H;/q-1;-5;. The maximum absolute atomic E-state index is 11.2. The molecule has 0 atom stereocenters. The van der Waals surface area contributed by atoms with E-state index in [1.165, 1.54) is 11.1 Å². The number of halogens is 1. The largest absolute Gasteiger partial charge is 0.747 e. The Kier molecular flexibility index (Phi) is 8.99. The summed E-state index contributed by atoms with van der Waals surface area (Å²) in [6.07, 6.45) is 1.97. The van der Waals surface area contributed by atoms with Gasteiger partial charge in [0.15, 0.2) is 0 Å². The summed E-state index contributed by atoms with van der Waals surface area (Å²) >= 11 is 3.28. The quantitative estimate of drug-likeness (QED) is 0.431. The molecule has 0 heterocycles. The molecule has 0 spiro atoms. The maximum Gasteiger partial charge on any atom is 0.0947 e. The summed E-state index contributed by atoms with van der Waals surface area (Å²) in [6, 6.07) is 12.1. The average Bonchev–Trinajstić information content (AvgIpc) is 2.97. The fraction of sp³-hybridized carbons (Fsp3) is 0.312. The number of rotatable bonds is 3. The van der Waals surface area contributed by atoms with Crippen LogP contribution in [0.5, 0.6) is 0 Å². The van der Waals surface area contributed by atoms with Gasteiger partial charge in [0.05, 0.1) is 5.78 Å². The molecule has 0 amide bonds. The van der Waals surface area contributed by atoms with Gasteiger partial charge in [-0.25, -0.2) is 0 Å². The molecule has 0 bridgehead atoms. The Morgan fingerprint density at radius 1 is 1.26 bits per heavy atom. The minimum Gasteiger partial charge on any atom is -0.747 e. The molecular weight excluding hydrogens is 344 g/mol. The van der Waals surface area contributed by atoms with Gasteiger partial charge in [-0.2, -0.15) is 23.3 Å². The minimum absolute atomic E-state index is 0. The van der Waals surface area contributed by atoms with Crippen LogP contribution in [0.2, 0.25) is 0 Å². The molecule has 0 N–H and O–H groups in total. The Hall–Kier alpha value is -0.631.